The van der Waals surface area contributed by atoms with Gasteiger partial charge in [0, 0.05) is 6.04 Å². The molecule has 0 radical (unpaired) electrons. The van der Waals surface area contributed by atoms with Crippen LogP contribution in [0.5, 0.6) is 0 Å². The fraction of sp³-hybridized carbons (Fsp3) is 0.368. The van der Waals surface area contributed by atoms with Gasteiger partial charge in [-0.2, -0.15) is 0 Å². The first-order valence-corrected chi connectivity index (χ1v) is 7.74. The minimum atomic E-state index is 0.481. The average Bonchev–Trinajstić information content (AvgIpc) is 2.49. The van der Waals surface area contributed by atoms with Gasteiger partial charge in [0.15, 0.2) is 0 Å². The van der Waals surface area contributed by atoms with E-state index in [2.05, 4.69) is 66.8 Å². The van der Waals surface area contributed by atoms with Gasteiger partial charge in [-0.25, -0.2) is 0 Å². The molecule has 0 saturated heterocycles. The second kappa shape index (κ2) is 6.23. The number of rotatable bonds is 6. The summed E-state index contributed by atoms with van der Waals surface area (Å²) in [5.74, 6) is 0.723. The predicted molar refractivity (Wildman–Crippen MR) is 85.0 cm³/mol. The standard InChI is InChI=1S/C19H23N/c1-2-12-20-19(15-8-4-3-5-9-15)14-17-13-16-10-6-7-11-18(16)17/h3-11,17,19-20H,2,12-14H2,1H3. The van der Waals surface area contributed by atoms with Crippen LogP contribution in [0.2, 0.25) is 0 Å². The molecule has 1 nitrogen and oxygen atoms in total. The Morgan fingerprint density at radius 1 is 1.05 bits per heavy atom. The van der Waals surface area contributed by atoms with E-state index >= 15 is 0 Å². The highest BCUT2D eigenvalue weighted by Gasteiger charge is 2.28. The lowest BCUT2D eigenvalue weighted by molar-refractivity contribution is 0.428. The Morgan fingerprint density at radius 3 is 2.55 bits per heavy atom. The highest BCUT2D eigenvalue weighted by molar-refractivity contribution is 5.40. The van der Waals surface area contributed by atoms with Crippen LogP contribution in [-0.2, 0) is 6.42 Å². The smallest absolute Gasteiger partial charge is 0.0326 e. The molecule has 0 amide bonds. The summed E-state index contributed by atoms with van der Waals surface area (Å²) in [6, 6.07) is 20.2. The summed E-state index contributed by atoms with van der Waals surface area (Å²) < 4.78 is 0. The first kappa shape index (κ1) is 13.4. The Hall–Kier alpha value is -1.60. The summed E-state index contributed by atoms with van der Waals surface area (Å²) >= 11 is 0. The van der Waals surface area contributed by atoms with Crippen molar-refractivity contribution in [1.29, 1.82) is 0 Å². The Morgan fingerprint density at radius 2 is 1.80 bits per heavy atom. The summed E-state index contributed by atoms with van der Waals surface area (Å²) in [7, 11) is 0. The van der Waals surface area contributed by atoms with Crippen LogP contribution in [0.3, 0.4) is 0 Å². The number of hydrogen-bond acceptors (Lipinski definition) is 1. The molecule has 3 rings (SSSR count). The molecule has 20 heavy (non-hydrogen) atoms. The topological polar surface area (TPSA) is 12.0 Å². The van der Waals surface area contributed by atoms with Gasteiger partial charge in [0.2, 0.25) is 0 Å². The number of nitrogens with one attached hydrogen (secondary N) is 1. The summed E-state index contributed by atoms with van der Waals surface area (Å²) in [4.78, 5) is 0. The van der Waals surface area contributed by atoms with Crippen molar-refractivity contribution in [1.82, 2.24) is 5.32 Å². The molecule has 2 atom stereocenters. The van der Waals surface area contributed by atoms with Crippen LogP contribution < -0.4 is 5.32 Å². The lowest BCUT2D eigenvalue weighted by atomic mass is 9.74. The van der Waals surface area contributed by atoms with Gasteiger partial charge in [0.25, 0.3) is 0 Å². The van der Waals surface area contributed by atoms with E-state index in [0.717, 1.165) is 12.5 Å². The minimum absolute atomic E-state index is 0.481. The normalized spacial score (nSPS) is 18.1. The zero-order chi connectivity index (χ0) is 13.8. The maximum atomic E-state index is 3.72. The van der Waals surface area contributed by atoms with Gasteiger partial charge >= 0.3 is 0 Å². The highest BCUT2D eigenvalue weighted by Crippen LogP contribution is 2.40. The van der Waals surface area contributed by atoms with E-state index in [9.17, 15) is 0 Å². The zero-order valence-electron chi connectivity index (χ0n) is 12.2. The van der Waals surface area contributed by atoms with Gasteiger partial charge in [-0.1, -0.05) is 61.5 Å². The number of fused-ring (bicyclic) bond motifs is 1. The van der Waals surface area contributed by atoms with Crippen molar-refractivity contribution in [3.63, 3.8) is 0 Å². The van der Waals surface area contributed by atoms with Crippen molar-refractivity contribution in [2.75, 3.05) is 6.54 Å². The van der Waals surface area contributed by atoms with Crippen LogP contribution in [0.4, 0.5) is 0 Å². The molecule has 0 saturated carbocycles. The highest BCUT2D eigenvalue weighted by atomic mass is 14.9. The lowest BCUT2D eigenvalue weighted by Gasteiger charge is -2.33. The fourth-order valence-electron chi connectivity index (χ4n) is 3.20. The molecule has 1 N–H and O–H groups in total. The predicted octanol–water partition coefficient (Wildman–Crippen LogP) is 4.46. The maximum absolute atomic E-state index is 3.72. The lowest BCUT2D eigenvalue weighted by Crippen LogP contribution is -2.27. The molecule has 1 heteroatoms. The van der Waals surface area contributed by atoms with E-state index < -0.39 is 0 Å². The molecular formula is C19H23N. The molecule has 1 aliphatic carbocycles. The largest absolute Gasteiger partial charge is 0.310 e. The van der Waals surface area contributed by atoms with Crippen LogP contribution in [0.15, 0.2) is 54.6 Å². The van der Waals surface area contributed by atoms with Gasteiger partial charge in [0.1, 0.15) is 0 Å². The average molecular weight is 265 g/mol. The molecule has 1 aliphatic rings. The van der Waals surface area contributed by atoms with Crippen LogP contribution in [0, 0.1) is 0 Å². The zero-order valence-corrected chi connectivity index (χ0v) is 12.2. The van der Waals surface area contributed by atoms with Crippen LogP contribution in [0.25, 0.3) is 0 Å². The summed E-state index contributed by atoms with van der Waals surface area (Å²) in [6.45, 7) is 3.32. The molecule has 2 unspecified atom stereocenters. The fourth-order valence-corrected chi connectivity index (χ4v) is 3.20. The van der Waals surface area contributed by atoms with Crippen molar-refractivity contribution >= 4 is 0 Å². The molecule has 2 aromatic carbocycles. The number of hydrogen-bond donors (Lipinski definition) is 1. The molecule has 2 aromatic rings. The third-order valence-electron chi connectivity index (χ3n) is 4.32. The van der Waals surface area contributed by atoms with E-state index in [4.69, 9.17) is 0 Å². The molecule has 0 bridgehead atoms. The van der Waals surface area contributed by atoms with E-state index in [1.165, 1.54) is 24.8 Å². The van der Waals surface area contributed by atoms with Gasteiger partial charge in [0.05, 0.1) is 0 Å². The SMILES string of the molecule is CCCNC(CC1Cc2ccccc21)c1ccccc1. The van der Waals surface area contributed by atoms with Crippen molar-refractivity contribution in [2.24, 2.45) is 0 Å². The minimum Gasteiger partial charge on any atom is -0.310 e. The Balaban J connectivity index is 1.72. The van der Waals surface area contributed by atoms with Crippen molar-refractivity contribution < 1.29 is 0 Å². The van der Waals surface area contributed by atoms with Gasteiger partial charge in [-0.05, 0) is 48.4 Å². The van der Waals surface area contributed by atoms with Crippen molar-refractivity contribution in [3.8, 4) is 0 Å². The van der Waals surface area contributed by atoms with E-state index in [-0.39, 0.29) is 0 Å². The maximum Gasteiger partial charge on any atom is 0.0326 e. The van der Waals surface area contributed by atoms with Crippen molar-refractivity contribution in [2.45, 2.75) is 38.1 Å². The Labute approximate surface area is 122 Å². The second-order valence-corrected chi connectivity index (χ2v) is 5.75. The summed E-state index contributed by atoms with van der Waals surface area (Å²) in [5.41, 5.74) is 4.52. The summed E-state index contributed by atoms with van der Waals surface area (Å²) in [5, 5.41) is 3.72. The molecule has 104 valence electrons. The monoisotopic (exact) mass is 265 g/mol. The third-order valence-corrected chi connectivity index (χ3v) is 4.32. The second-order valence-electron chi connectivity index (χ2n) is 5.75. The molecule has 0 heterocycles. The van der Waals surface area contributed by atoms with Crippen molar-refractivity contribution in [3.05, 3.63) is 71.3 Å². The van der Waals surface area contributed by atoms with Gasteiger partial charge in [-0.3, -0.25) is 0 Å². The van der Waals surface area contributed by atoms with Gasteiger partial charge in [-0.15, -0.1) is 0 Å². The van der Waals surface area contributed by atoms with Crippen LogP contribution in [0.1, 0.15) is 48.4 Å². The quantitative estimate of drug-likeness (QED) is 0.813. The molecule has 0 fully saturated rings. The Kier molecular flexibility index (Phi) is 4.17. The van der Waals surface area contributed by atoms with E-state index in [1.54, 1.807) is 11.1 Å². The molecule has 0 spiro atoms. The summed E-state index contributed by atoms with van der Waals surface area (Å²) in [6.07, 6.45) is 3.64. The molecule has 0 aromatic heterocycles. The molecular weight excluding hydrogens is 242 g/mol. The first-order valence-electron chi connectivity index (χ1n) is 7.74. The van der Waals surface area contributed by atoms with E-state index in [0.29, 0.717) is 6.04 Å². The van der Waals surface area contributed by atoms with Crippen LogP contribution >= 0.6 is 0 Å². The van der Waals surface area contributed by atoms with E-state index in [1.807, 2.05) is 0 Å². The number of benzene rings is 2. The van der Waals surface area contributed by atoms with Gasteiger partial charge < -0.3 is 5.32 Å². The third kappa shape index (κ3) is 2.78. The molecule has 0 aliphatic heterocycles. The van der Waals surface area contributed by atoms with Crippen LogP contribution in [-0.4, -0.2) is 6.54 Å². The first-order chi connectivity index (χ1) is 9.88. The Bertz CT molecular complexity index is 547.